The summed E-state index contributed by atoms with van der Waals surface area (Å²) in [4.78, 5) is 29.5. The molecule has 3 heterocycles. The monoisotopic (exact) mass is 718 g/mol. The van der Waals surface area contributed by atoms with E-state index in [1.165, 1.54) is 11.1 Å². The molecule has 0 radical (unpaired) electrons. The molecule has 3 aromatic rings. The predicted molar refractivity (Wildman–Crippen MR) is 197 cm³/mol. The fourth-order valence-corrected chi connectivity index (χ4v) is 10.5. The second kappa shape index (κ2) is 14.6. The maximum absolute atomic E-state index is 14.3. The van der Waals surface area contributed by atoms with Gasteiger partial charge in [0.05, 0.1) is 39.6 Å². The molecular formula is C39H47ClN4O5S. The van der Waals surface area contributed by atoms with Gasteiger partial charge in [0.25, 0.3) is 5.91 Å². The Labute approximate surface area is 300 Å². The molecule has 2 bridgehead atoms. The lowest BCUT2D eigenvalue weighted by atomic mass is 9.68. The third kappa shape index (κ3) is 7.44. The van der Waals surface area contributed by atoms with Crippen LogP contribution in [0.2, 0.25) is 5.02 Å². The second-order valence-electron chi connectivity index (χ2n) is 14.6. The highest BCUT2D eigenvalue weighted by molar-refractivity contribution is 7.94. The highest BCUT2D eigenvalue weighted by Crippen LogP contribution is 2.47. The molecule has 0 N–H and O–H groups in total. The van der Waals surface area contributed by atoms with Crippen molar-refractivity contribution >= 4 is 38.7 Å². The van der Waals surface area contributed by atoms with Gasteiger partial charge in [0.1, 0.15) is 11.5 Å². The molecule has 5 atom stereocenters. The van der Waals surface area contributed by atoms with Crippen LogP contribution in [0, 0.1) is 18.8 Å². The van der Waals surface area contributed by atoms with E-state index in [1.54, 1.807) is 17.9 Å². The number of aryl methyl sites for hydroxylation is 3. The van der Waals surface area contributed by atoms with Crippen molar-refractivity contribution in [3.8, 4) is 5.75 Å². The molecule has 9 nitrogen and oxygen atoms in total. The van der Waals surface area contributed by atoms with Crippen LogP contribution in [0.15, 0.2) is 65.2 Å². The maximum Gasteiger partial charge on any atom is 0.285 e. The zero-order valence-corrected chi connectivity index (χ0v) is 30.6. The Hall–Kier alpha value is -3.47. The summed E-state index contributed by atoms with van der Waals surface area (Å²) in [5.41, 5.74) is 4.39. The maximum atomic E-state index is 14.3. The number of aromatic nitrogens is 2. The minimum atomic E-state index is -3.17. The lowest BCUT2D eigenvalue weighted by Crippen LogP contribution is -2.49. The Morgan fingerprint density at radius 1 is 1.16 bits per heavy atom. The van der Waals surface area contributed by atoms with Gasteiger partial charge in [-0.3, -0.25) is 14.3 Å². The first-order valence-electron chi connectivity index (χ1n) is 17.9. The quantitative estimate of drug-likeness (QED) is 0.254. The number of hydrogen-bond acceptors (Lipinski definition) is 7. The van der Waals surface area contributed by atoms with Gasteiger partial charge >= 0.3 is 0 Å². The lowest BCUT2D eigenvalue weighted by molar-refractivity contribution is -0.116. The van der Waals surface area contributed by atoms with Gasteiger partial charge in [-0.05, 0) is 111 Å². The molecule has 4 aliphatic rings. The van der Waals surface area contributed by atoms with Crippen LogP contribution < -0.4 is 9.64 Å². The van der Waals surface area contributed by atoms with E-state index in [2.05, 4.69) is 38.6 Å². The Bertz CT molecular complexity index is 1920. The number of ether oxygens (including phenoxy) is 2. The van der Waals surface area contributed by atoms with Crippen LogP contribution >= 0.6 is 11.6 Å². The normalized spacial score (nSPS) is 28.7. The molecule has 1 amide bonds. The van der Waals surface area contributed by atoms with Crippen LogP contribution in [-0.2, 0) is 37.6 Å². The number of anilines is 1. The largest absolute Gasteiger partial charge is 0.490 e. The number of carbonyl (C=O) groups excluding carboxylic acids is 2. The second-order valence-corrected chi connectivity index (χ2v) is 17.4. The van der Waals surface area contributed by atoms with Crippen LogP contribution in [0.5, 0.6) is 5.75 Å². The number of rotatable bonds is 6. The van der Waals surface area contributed by atoms with Crippen molar-refractivity contribution in [1.29, 1.82) is 0 Å². The Kier molecular flexibility index (Phi) is 10.2. The van der Waals surface area contributed by atoms with E-state index in [9.17, 15) is 13.8 Å². The zero-order valence-electron chi connectivity index (χ0n) is 29.0. The Morgan fingerprint density at radius 2 is 2.04 bits per heavy atom. The van der Waals surface area contributed by atoms with Crippen molar-refractivity contribution in [2.75, 3.05) is 43.2 Å². The van der Waals surface area contributed by atoms with E-state index < -0.39 is 15.6 Å². The fraction of sp³-hybridized carbons (Fsp3) is 0.513. The first kappa shape index (κ1) is 35.0. The summed E-state index contributed by atoms with van der Waals surface area (Å²) >= 11 is 6.45. The van der Waals surface area contributed by atoms with Gasteiger partial charge in [0.2, 0.25) is 0 Å². The van der Waals surface area contributed by atoms with E-state index in [1.807, 2.05) is 37.4 Å². The van der Waals surface area contributed by atoms with Gasteiger partial charge in [-0.2, -0.15) is 9.46 Å². The number of benzene rings is 2. The lowest BCUT2D eigenvalue weighted by Gasteiger charge is -2.46. The van der Waals surface area contributed by atoms with Gasteiger partial charge in [-0.15, -0.1) is 0 Å². The van der Waals surface area contributed by atoms with Crippen molar-refractivity contribution in [3.63, 3.8) is 0 Å². The van der Waals surface area contributed by atoms with Crippen molar-refractivity contribution in [2.45, 2.75) is 76.4 Å². The SMILES string of the molecule is CO[C@H]1/C=C/CCCS(=O)(CC(=O)CCn2ccc(C)n2)=NC(=O)c2ccc3c(c2)N(C[C@@H]2CC[C@H]21)C[C@@]1(CCCc2cc(Cl)ccc21)CO3. The highest BCUT2D eigenvalue weighted by atomic mass is 35.5. The van der Waals surface area contributed by atoms with Crippen LogP contribution in [0.3, 0.4) is 0 Å². The first-order valence-corrected chi connectivity index (χ1v) is 20.2. The molecule has 7 rings (SSSR count). The fourth-order valence-electron chi connectivity index (χ4n) is 8.34. The average Bonchev–Trinajstić information content (AvgIpc) is 3.44. The Balaban J connectivity index is 1.24. The molecular weight excluding hydrogens is 672 g/mol. The number of fused-ring (bicyclic) bond motifs is 4. The molecule has 50 heavy (non-hydrogen) atoms. The van der Waals surface area contributed by atoms with E-state index in [0.29, 0.717) is 43.4 Å². The smallest absolute Gasteiger partial charge is 0.285 e. The molecule has 1 spiro atoms. The minimum Gasteiger partial charge on any atom is -0.490 e. The molecule has 2 aromatic carbocycles. The number of allylic oxidation sites excluding steroid dienone is 1. The summed E-state index contributed by atoms with van der Waals surface area (Å²) < 4.78 is 33.1. The van der Waals surface area contributed by atoms with E-state index >= 15 is 0 Å². The van der Waals surface area contributed by atoms with Gasteiger partial charge in [-0.1, -0.05) is 29.8 Å². The summed E-state index contributed by atoms with van der Waals surface area (Å²) in [6.07, 6.45) is 12.6. The number of amides is 1. The van der Waals surface area contributed by atoms with Crippen LogP contribution in [0.4, 0.5) is 5.69 Å². The van der Waals surface area contributed by atoms with Gasteiger partial charge < -0.3 is 14.4 Å². The van der Waals surface area contributed by atoms with Crippen molar-refractivity contribution < 1.29 is 23.3 Å². The third-order valence-corrected chi connectivity index (χ3v) is 13.5. The molecule has 266 valence electrons. The third-order valence-electron chi connectivity index (χ3n) is 11.1. The molecule has 2 aliphatic carbocycles. The molecule has 1 unspecified atom stereocenters. The summed E-state index contributed by atoms with van der Waals surface area (Å²) in [7, 11) is -1.39. The van der Waals surface area contributed by atoms with E-state index in [-0.39, 0.29) is 35.2 Å². The number of Topliss-reactive ketones (excluding diaryl/α,β-unsaturated/α-hetero) is 1. The van der Waals surface area contributed by atoms with Gasteiger partial charge in [0, 0.05) is 61.1 Å². The standard InChI is InChI=1S/C39H47ClN4O5S/c1-27-15-18-44(41-27)19-16-32(45)24-50(47)20-5-3-4-8-36(48-2)33-12-9-30(33)23-43-25-39(17-6-7-28-21-31(40)11-13-34(28)39)26-49-37-14-10-29(22-35(37)43)38(46)42-50/h4,8,10-11,13-15,18,21-22,30,33,36H,3,5-7,9,12,16-17,19-20,23-26H2,1-2H3/b8-4+/t30-,33+,36-,39-,50?/m0/s1. The van der Waals surface area contributed by atoms with Crippen molar-refractivity contribution in [2.24, 2.45) is 16.2 Å². The van der Waals surface area contributed by atoms with Crippen LogP contribution in [0.1, 0.15) is 72.1 Å². The molecule has 2 aliphatic heterocycles. The van der Waals surface area contributed by atoms with E-state index in [0.717, 1.165) is 67.3 Å². The topological polar surface area (TPSA) is 103 Å². The molecule has 1 aromatic heterocycles. The minimum absolute atomic E-state index is 0.0228. The number of halogens is 1. The number of hydrogen-bond donors (Lipinski definition) is 0. The average molecular weight is 719 g/mol. The predicted octanol–water partition coefficient (Wildman–Crippen LogP) is 6.98. The van der Waals surface area contributed by atoms with Crippen molar-refractivity contribution in [1.82, 2.24) is 9.78 Å². The number of methoxy groups -OCH3 is 1. The first-order chi connectivity index (χ1) is 24.1. The summed E-state index contributed by atoms with van der Waals surface area (Å²) in [5.74, 6) is 0.641. The van der Waals surface area contributed by atoms with Gasteiger partial charge in [-0.25, -0.2) is 4.21 Å². The summed E-state index contributed by atoms with van der Waals surface area (Å²) in [6, 6.07) is 13.6. The van der Waals surface area contributed by atoms with E-state index in [4.69, 9.17) is 21.1 Å². The number of nitrogens with zero attached hydrogens (tertiary/aromatic N) is 4. The highest BCUT2D eigenvalue weighted by Gasteiger charge is 2.44. The van der Waals surface area contributed by atoms with Crippen LogP contribution in [-0.4, -0.2) is 70.1 Å². The molecule has 1 fully saturated rings. The zero-order chi connectivity index (χ0) is 34.9. The van der Waals surface area contributed by atoms with Crippen molar-refractivity contribution in [3.05, 3.63) is 88.2 Å². The molecule has 0 saturated heterocycles. The molecule has 11 heteroatoms. The summed E-state index contributed by atoms with van der Waals surface area (Å²) in [5, 5.41) is 5.10. The molecule has 1 saturated carbocycles. The number of ketones is 1. The van der Waals surface area contributed by atoms with Gasteiger partial charge in [0.15, 0.2) is 0 Å². The Morgan fingerprint density at radius 3 is 2.82 bits per heavy atom. The number of carbonyl (C=O) groups is 2. The summed E-state index contributed by atoms with van der Waals surface area (Å²) in [6.45, 7) is 4.34. The van der Waals surface area contributed by atoms with Crippen LogP contribution in [0.25, 0.3) is 0 Å².